The van der Waals surface area contributed by atoms with Crippen LogP contribution in [0.2, 0.25) is 5.02 Å². The largest absolute Gasteiger partial charge is 0.326 e. The summed E-state index contributed by atoms with van der Waals surface area (Å²) in [4.78, 5) is 24.4. The number of thiophene rings is 1. The zero-order chi connectivity index (χ0) is 16.7. The molecule has 0 aliphatic carbocycles. The molecule has 0 atom stereocenters. The number of halogens is 1. The minimum atomic E-state index is -0.309. The van der Waals surface area contributed by atoms with E-state index in [2.05, 4.69) is 15.8 Å². The SMILES string of the molecule is Cc1c(Cl)cccc1NC(=O)CCC(=O)NN=Cc1cccs1. The predicted molar refractivity (Wildman–Crippen MR) is 94.1 cm³/mol. The van der Waals surface area contributed by atoms with Crippen molar-refractivity contribution in [3.05, 3.63) is 51.2 Å². The minimum absolute atomic E-state index is 0.0627. The number of carbonyl (C=O) groups is 2. The summed E-state index contributed by atoms with van der Waals surface area (Å²) in [6.07, 6.45) is 1.71. The first kappa shape index (κ1) is 17.2. The highest BCUT2D eigenvalue weighted by molar-refractivity contribution is 7.11. The number of rotatable bonds is 6. The van der Waals surface area contributed by atoms with Crippen molar-refractivity contribution < 1.29 is 9.59 Å². The van der Waals surface area contributed by atoms with Crippen molar-refractivity contribution in [3.63, 3.8) is 0 Å². The molecular weight excluding hydrogens is 334 g/mol. The fraction of sp³-hybridized carbons (Fsp3) is 0.188. The van der Waals surface area contributed by atoms with Crippen LogP contribution in [0.25, 0.3) is 0 Å². The van der Waals surface area contributed by atoms with Crippen molar-refractivity contribution in [2.45, 2.75) is 19.8 Å². The van der Waals surface area contributed by atoms with E-state index in [1.165, 1.54) is 11.3 Å². The molecule has 0 aliphatic heterocycles. The molecule has 0 aliphatic rings. The van der Waals surface area contributed by atoms with Gasteiger partial charge >= 0.3 is 0 Å². The predicted octanol–water partition coefficient (Wildman–Crippen LogP) is 3.58. The Morgan fingerprint density at radius 1 is 1.22 bits per heavy atom. The second kappa shape index (κ2) is 8.45. The van der Waals surface area contributed by atoms with Gasteiger partial charge in [0.05, 0.1) is 6.21 Å². The van der Waals surface area contributed by atoms with Crippen LogP contribution in [0, 0.1) is 6.92 Å². The van der Waals surface area contributed by atoms with Gasteiger partial charge in [-0.25, -0.2) is 5.43 Å². The van der Waals surface area contributed by atoms with Crippen LogP contribution in [0.4, 0.5) is 5.69 Å². The standard InChI is InChI=1S/C16H16ClN3O2S/c1-11-13(17)5-2-6-14(11)19-15(21)7-8-16(22)20-18-10-12-4-3-9-23-12/h2-6,9-10H,7-8H2,1H3,(H,19,21)(H,20,22). The molecule has 7 heteroatoms. The van der Waals surface area contributed by atoms with Gasteiger partial charge in [-0.3, -0.25) is 9.59 Å². The summed E-state index contributed by atoms with van der Waals surface area (Å²) in [6.45, 7) is 1.82. The summed E-state index contributed by atoms with van der Waals surface area (Å²) in [6, 6.07) is 9.07. The van der Waals surface area contributed by atoms with Gasteiger partial charge in [-0.2, -0.15) is 5.10 Å². The molecule has 120 valence electrons. The van der Waals surface area contributed by atoms with Crippen molar-refractivity contribution in [2.75, 3.05) is 5.32 Å². The second-order valence-corrected chi connectivity index (χ2v) is 6.16. The maximum Gasteiger partial charge on any atom is 0.240 e. The van der Waals surface area contributed by atoms with E-state index in [0.717, 1.165) is 10.4 Å². The Labute approximate surface area is 143 Å². The average Bonchev–Trinajstić information content (AvgIpc) is 3.03. The smallest absolute Gasteiger partial charge is 0.240 e. The molecule has 0 bridgehead atoms. The Balaban J connectivity index is 1.75. The highest BCUT2D eigenvalue weighted by atomic mass is 35.5. The van der Waals surface area contributed by atoms with Gasteiger partial charge in [-0.1, -0.05) is 23.7 Å². The fourth-order valence-electron chi connectivity index (χ4n) is 1.77. The van der Waals surface area contributed by atoms with Crippen molar-refractivity contribution in [1.82, 2.24) is 5.43 Å². The third kappa shape index (κ3) is 5.50. The van der Waals surface area contributed by atoms with Crippen LogP contribution in [-0.2, 0) is 9.59 Å². The van der Waals surface area contributed by atoms with Crippen LogP contribution >= 0.6 is 22.9 Å². The number of anilines is 1. The van der Waals surface area contributed by atoms with E-state index >= 15 is 0 Å². The van der Waals surface area contributed by atoms with Gasteiger partial charge in [0.15, 0.2) is 0 Å². The maximum absolute atomic E-state index is 11.9. The summed E-state index contributed by atoms with van der Waals surface area (Å²) in [5.74, 6) is -0.552. The average molecular weight is 350 g/mol. The molecular formula is C16H16ClN3O2S. The van der Waals surface area contributed by atoms with Crippen molar-refractivity contribution >= 4 is 46.7 Å². The summed E-state index contributed by atoms with van der Waals surface area (Å²) in [7, 11) is 0. The Kier molecular flexibility index (Phi) is 6.31. The zero-order valence-corrected chi connectivity index (χ0v) is 14.1. The van der Waals surface area contributed by atoms with Gasteiger partial charge in [-0.05, 0) is 36.1 Å². The van der Waals surface area contributed by atoms with E-state index in [1.54, 1.807) is 24.4 Å². The molecule has 2 amide bonds. The minimum Gasteiger partial charge on any atom is -0.326 e. The van der Waals surface area contributed by atoms with E-state index in [-0.39, 0.29) is 24.7 Å². The lowest BCUT2D eigenvalue weighted by atomic mass is 10.2. The van der Waals surface area contributed by atoms with Gasteiger partial charge in [0, 0.05) is 28.4 Å². The van der Waals surface area contributed by atoms with E-state index in [1.807, 2.05) is 24.4 Å². The van der Waals surface area contributed by atoms with Crippen LogP contribution in [0.5, 0.6) is 0 Å². The first-order chi connectivity index (χ1) is 11.1. The number of amides is 2. The number of hydrazone groups is 1. The van der Waals surface area contributed by atoms with Crippen LogP contribution < -0.4 is 10.7 Å². The monoisotopic (exact) mass is 349 g/mol. The Hall–Kier alpha value is -2.18. The van der Waals surface area contributed by atoms with Crippen molar-refractivity contribution in [2.24, 2.45) is 5.10 Å². The quantitative estimate of drug-likeness (QED) is 0.618. The topological polar surface area (TPSA) is 70.6 Å². The number of hydrogen-bond acceptors (Lipinski definition) is 4. The molecule has 5 nitrogen and oxygen atoms in total. The van der Waals surface area contributed by atoms with Crippen LogP contribution in [0.1, 0.15) is 23.3 Å². The number of benzene rings is 1. The highest BCUT2D eigenvalue weighted by Crippen LogP contribution is 2.23. The van der Waals surface area contributed by atoms with Crippen LogP contribution in [0.3, 0.4) is 0 Å². The molecule has 0 unspecified atom stereocenters. The molecule has 2 aromatic rings. The van der Waals surface area contributed by atoms with E-state index < -0.39 is 0 Å². The molecule has 1 aromatic carbocycles. The molecule has 23 heavy (non-hydrogen) atoms. The molecule has 0 fully saturated rings. The maximum atomic E-state index is 11.9. The van der Waals surface area contributed by atoms with Gasteiger partial charge in [0.2, 0.25) is 11.8 Å². The number of nitrogens with zero attached hydrogens (tertiary/aromatic N) is 1. The lowest BCUT2D eigenvalue weighted by Gasteiger charge is -2.09. The summed E-state index contributed by atoms with van der Waals surface area (Å²) in [5.41, 5.74) is 3.85. The van der Waals surface area contributed by atoms with Crippen LogP contribution in [0.15, 0.2) is 40.8 Å². The molecule has 0 saturated carbocycles. The van der Waals surface area contributed by atoms with Crippen molar-refractivity contribution in [1.29, 1.82) is 0 Å². The third-order valence-corrected chi connectivity index (χ3v) is 4.26. The first-order valence-corrected chi connectivity index (χ1v) is 8.22. The van der Waals surface area contributed by atoms with Gasteiger partial charge in [-0.15, -0.1) is 11.3 Å². The first-order valence-electron chi connectivity index (χ1n) is 6.96. The van der Waals surface area contributed by atoms with Gasteiger partial charge in [0.25, 0.3) is 0 Å². The van der Waals surface area contributed by atoms with Crippen LogP contribution in [-0.4, -0.2) is 18.0 Å². The number of hydrogen-bond donors (Lipinski definition) is 2. The summed E-state index contributed by atoms with van der Waals surface area (Å²) < 4.78 is 0. The fourth-order valence-corrected chi connectivity index (χ4v) is 2.53. The normalized spacial score (nSPS) is 10.7. The zero-order valence-electron chi connectivity index (χ0n) is 12.5. The van der Waals surface area contributed by atoms with E-state index in [4.69, 9.17) is 11.6 Å². The Bertz CT molecular complexity index is 714. The Morgan fingerprint density at radius 2 is 2.00 bits per heavy atom. The molecule has 0 radical (unpaired) electrons. The second-order valence-electron chi connectivity index (χ2n) is 4.77. The summed E-state index contributed by atoms with van der Waals surface area (Å²) in [5, 5.41) is 9.09. The van der Waals surface area contributed by atoms with E-state index in [0.29, 0.717) is 10.7 Å². The van der Waals surface area contributed by atoms with Crippen molar-refractivity contribution in [3.8, 4) is 0 Å². The number of nitrogens with one attached hydrogen (secondary N) is 2. The Morgan fingerprint density at radius 3 is 2.74 bits per heavy atom. The molecule has 1 heterocycles. The van der Waals surface area contributed by atoms with Gasteiger partial charge in [0.1, 0.15) is 0 Å². The molecule has 1 aromatic heterocycles. The summed E-state index contributed by atoms with van der Waals surface area (Å²) >= 11 is 7.51. The van der Waals surface area contributed by atoms with E-state index in [9.17, 15) is 9.59 Å². The molecule has 2 rings (SSSR count). The van der Waals surface area contributed by atoms with Gasteiger partial charge < -0.3 is 5.32 Å². The highest BCUT2D eigenvalue weighted by Gasteiger charge is 2.09. The molecule has 0 spiro atoms. The molecule has 2 N–H and O–H groups in total. The number of carbonyl (C=O) groups excluding carboxylic acids is 2. The lowest BCUT2D eigenvalue weighted by Crippen LogP contribution is -2.20. The lowest BCUT2D eigenvalue weighted by molar-refractivity contribution is -0.124. The third-order valence-electron chi connectivity index (χ3n) is 3.05. The molecule has 0 saturated heterocycles.